The Morgan fingerprint density at radius 2 is 1.38 bits per heavy atom. The predicted octanol–water partition coefficient (Wildman–Crippen LogP) is 3.40. The summed E-state index contributed by atoms with van der Waals surface area (Å²) in [5.41, 5.74) is 0. The van der Waals surface area contributed by atoms with Gasteiger partial charge in [0.15, 0.2) is 0 Å². The first-order valence-electron chi connectivity index (χ1n) is 5.58. The molecule has 0 fully saturated rings. The molecule has 13 heavy (non-hydrogen) atoms. The van der Waals surface area contributed by atoms with Crippen LogP contribution in [0, 0.1) is 11.8 Å². The standard InChI is InChI=1S/C12H27N/c1-9(2)8-12(10(3)4)13(7)11(5)6/h9-12H,8H2,1-7H3. The van der Waals surface area contributed by atoms with Gasteiger partial charge in [-0.1, -0.05) is 27.7 Å². The normalized spacial score (nSPS) is 15.0. The van der Waals surface area contributed by atoms with E-state index < -0.39 is 0 Å². The summed E-state index contributed by atoms with van der Waals surface area (Å²) in [7, 11) is 2.25. The summed E-state index contributed by atoms with van der Waals surface area (Å²) in [5.74, 6) is 1.56. The molecule has 0 radical (unpaired) electrons. The highest BCUT2D eigenvalue weighted by Gasteiger charge is 2.21. The van der Waals surface area contributed by atoms with Crippen LogP contribution in [0.3, 0.4) is 0 Å². The van der Waals surface area contributed by atoms with Crippen LogP contribution in [0.2, 0.25) is 0 Å². The first kappa shape index (κ1) is 13.0. The molecule has 0 heterocycles. The van der Waals surface area contributed by atoms with Crippen molar-refractivity contribution in [2.45, 2.75) is 60.0 Å². The van der Waals surface area contributed by atoms with Gasteiger partial charge in [-0.25, -0.2) is 0 Å². The molecule has 0 amide bonds. The summed E-state index contributed by atoms with van der Waals surface area (Å²) in [6.45, 7) is 13.8. The van der Waals surface area contributed by atoms with E-state index in [0.717, 1.165) is 17.9 Å². The lowest BCUT2D eigenvalue weighted by Crippen LogP contribution is -2.41. The van der Waals surface area contributed by atoms with Crippen molar-refractivity contribution < 1.29 is 0 Å². The average Bonchev–Trinajstić information content (AvgIpc) is 1.97. The maximum Gasteiger partial charge on any atom is 0.0120 e. The smallest absolute Gasteiger partial charge is 0.0120 e. The van der Waals surface area contributed by atoms with Crippen LogP contribution < -0.4 is 0 Å². The van der Waals surface area contributed by atoms with Crippen LogP contribution >= 0.6 is 0 Å². The summed E-state index contributed by atoms with van der Waals surface area (Å²) < 4.78 is 0. The SMILES string of the molecule is CC(C)CC(C(C)C)N(C)C(C)C. The van der Waals surface area contributed by atoms with Crippen LogP contribution in [0.1, 0.15) is 48.0 Å². The average molecular weight is 185 g/mol. The highest BCUT2D eigenvalue weighted by molar-refractivity contribution is 4.75. The van der Waals surface area contributed by atoms with Crippen LogP contribution in [-0.2, 0) is 0 Å². The highest BCUT2D eigenvalue weighted by Crippen LogP contribution is 2.19. The van der Waals surface area contributed by atoms with Gasteiger partial charge in [-0.05, 0) is 39.2 Å². The number of hydrogen-bond donors (Lipinski definition) is 0. The van der Waals surface area contributed by atoms with Crippen molar-refractivity contribution >= 4 is 0 Å². The Bertz CT molecular complexity index is 127. The molecule has 0 aliphatic carbocycles. The van der Waals surface area contributed by atoms with Gasteiger partial charge in [-0.15, -0.1) is 0 Å². The third-order valence-corrected chi connectivity index (χ3v) is 2.82. The second-order valence-electron chi connectivity index (χ2n) is 5.20. The molecule has 1 unspecified atom stereocenters. The molecular formula is C12H27N. The van der Waals surface area contributed by atoms with Gasteiger partial charge in [0, 0.05) is 12.1 Å². The zero-order valence-electron chi connectivity index (χ0n) is 10.5. The summed E-state index contributed by atoms with van der Waals surface area (Å²) in [4.78, 5) is 2.50. The summed E-state index contributed by atoms with van der Waals surface area (Å²) >= 11 is 0. The van der Waals surface area contributed by atoms with E-state index in [4.69, 9.17) is 0 Å². The molecule has 0 aromatic carbocycles. The quantitative estimate of drug-likeness (QED) is 0.634. The van der Waals surface area contributed by atoms with E-state index >= 15 is 0 Å². The van der Waals surface area contributed by atoms with Crippen molar-refractivity contribution in [2.75, 3.05) is 7.05 Å². The summed E-state index contributed by atoms with van der Waals surface area (Å²) in [5, 5.41) is 0. The Morgan fingerprint density at radius 1 is 0.923 bits per heavy atom. The van der Waals surface area contributed by atoms with E-state index in [0.29, 0.717) is 6.04 Å². The van der Waals surface area contributed by atoms with Gasteiger partial charge in [-0.3, -0.25) is 0 Å². The first-order valence-corrected chi connectivity index (χ1v) is 5.58. The lowest BCUT2D eigenvalue weighted by molar-refractivity contribution is 0.132. The van der Waals surface area contributed by atoms with Gasteiger partial charge >= 0.3 is 0 Å². The Morgan fingerprint density at radius 3 is 1.62 bits per heavy atom. The minimum Gasteiger partial charge on any atom is -0.301 e. The van der Waals surface area contributed by atoms with Gasteiger partial charge in [-0.2, -0.15) is 0 Å². The monoisotopic (exact) mass is 185 g/mol. The third kappa shape index (κ3) is 4.66. The molecule has 0 aliphatic rings. The van der Waals surface area contributed by atoms with Crippen molar-refractivity contribution in [3.8, 4) is 0 Å². The van der Waals surface area contributed by atoms with E-state index in [1.165, 1.54) is 6.42 Å². The largest absolute Gasteiger partial charge is 0.301 e. The Labute approximate surface area is 84.5 Å². The van der Waals surface area contributed by atoms with E-state index in [2.05, 4.69) is 53.5 Å². The zero-order chi connectivity index (χ0) is 10.6. The number of nitrogens with zero attached hydrogens (tertiary/aromatic N) is 1. The predicted molar refractivity (Wildman–Crippen MR) is 61.0 cm³/mol. The maximum absolute atomic E-state index is 2.50. The Balaban J connectivity index is 4.24. The molecular weight excluding hydrogens is 158 g/mol. The lowest BCUT2D eigenvalue weighted by atomic mass is 9.93. The molecule has 0 bridgehead atoms. The minimum atomic E-state index is 0.658. The second-order valence-corrected chi connectivity index (χ2v) is 5.20. The molecule has 0 aliphatic heterocycles. The van der Waals surface area contributed by atoms with E-state index in [9.17, 15) is 0 Å². The molecule has 80 valence electrons. The fourth-order valence-corrected chi connectivity index (χ4v) is 1.77. The zero-order valence-corrected chi connectivity index (χ0v) is 10.5. The van der Waals surface area contributed by atoms with Crippen LogP contribution in [0.4, 0.5) is 0 Å². The van der Waals surface area contributed by atoms with Gasteiger partial charge in [0.2, 0.25) is 0 Å². The molecule has 0 rings (SSSR count). The van der Waals surface area contributed by atoms with Crippen molar-refractivity contribution in [3.05, 3.63) is 0 Å². The summed E-state index contributed by atoms with van der Waals surface area (Å²) in [6.07, 6.45) is 1.31. The molecule has 0 aromatic rings. The fraction of sp³-hybridized carbons (Fsp3) is 1.00. The van der Waals surface area contributed by atoms with Crippen LogP contribution in [-0.4, -0.2) is 24.0 Å². The van der Waals surface area contributed by atoms with Gasteiger partial charge in [0.05, 0.1) is 0 Å². The Kier molecular flexibility index (Phi) is 5.62. The lowest BCUT2D eigenvalue weighted by Gasteiger charge is -2.35. The van der Waals surface area contributed by atoms with Crippen molar-refractivity contribution in [1.29, 1.82) is 0 Å². The molecule has 0 saturated heterocycles. The van der Waals surface area contributed by atoms with E-state index in [1.807, 2.05) is 0 Å². The maximum atomic E-state index is 2.50. The molecule has 0 aromatic heterocycles. The molecule has 0 N–H and O–H groups in total. The van der Waals surface area contributed by atoms with Crippen LogP contribution in [0.5, 0.6) is 0 Å². The van der Waals surface area contributed by atoms with Crippen LogP contribution in [0.15, 0.2) is 0 Å². The summed E-state index contributed by atoms with van der Waals surface area (Å²) in [6, 6.07) is 1.39. The Hall–Kier alpha value is -0.0400. The number of rotatable bonds is 5. The molecule has 1 heteroatoms. The van der Waals surface area contributed by atoms with Gasteiger partial charge in [0.1, 0.15) is 0 Å². The van der Waals surface area contributed by atoms with Crippen molar-refractivity contribution in [2.24, 2.45) is 11.8 Å². The van der Waals surface area contributed by atoms with E-state index in [-0.39, 0.29) is 0 Å². The molecule has 0 spiro atoms. The fourth-order valence-electron chi connectivity index (χ4n) is 1.77. The highest BCUT2D eigenvalue weighted by atomic mass is 15.2. The number of hydrogen-bond acceptors (Lipinski definition) is 1. The molecule has 1 atom stereocenters. The molecule has 0 saturated carbocycles. The molecule has 1 nitrogen and oxygen atoms in total. The van der Waals surface area contributed by atoms with Crippen molar-refractivity contribution in [1.82, 2.24) is 4.90 Å². The van der Waals surface area contributed by atoms with E-state index in [1.54, 1.807) is 0 Å². The van der Waals surface area contributed by atoms with Crippen molar-refractivity contribution in [3.63, 3.8) is 0 Å². The minimum absolute atomic E-state index is 0.658. The second kappa shape index (κ2) is 5.64. The topological polar surface area (TPSA) is 3.24 Å². The first-order chi connectivity index (χ1) is 5.86. The van der Waals surface area contributed by atoms with Crippen LogP contribution in [0.25, 0.3) is 0 Å². The third-order valence-electron chi connectivity index (χ3n) is 2.82. The van der Waals surface area contributed by atoms with Gasteiger partial charge in [0.25, 0.3) is 0 Å². The van der Waals surface area contributed by atoms with Gasteiger partial charge < -0.3 is 4.90 Å².